The van der Waals surface area contributed by atoms with Crippen molar-refractivity contribution in [1.82, 2.24) is 14.6 Å². The third-order valence-corrected chi connectivity index (χ3v) is 3.10. The molecule has 0 saturated heterocycles. The van der Waals surface area contributed by atoms with Crippen molar-refractivity contribution >= 4 is 11.6 Å². The number of hydrogen-bond donors (Lipinski definition) is 0. The molecule has 1 aliphatic rings. The first-order valence-electron chi connectivity index (χ1n) is 6.23. The molecule has 2 aromatic rings. The fourth-order valence-corrected chi connectivity index (χ4v) is 2.18. The highest BCUT2D eigenvalue weighted by atomic mass is 16.5. The van der Waals surface area contributed by atoms with Crippen LogP contribution in [0.1, 0.15) is 47.4 Å². The number of fused-ring (bicyclic) bond motifs is 1. The number of nitrogens with zero attached hydrogens (tertiary/aromatic N) is 3. The van der Waals surface area contributed by atoms with E-state index in [0.717, 1.165) is 29.9 Å². The second kappa shape index (κ2) is 4.08. The van der Waals surface area contributed by atoms with Gasteiger partial charge in [-0.2, -0.15) is 5.10 Å². The molecule has 2 heterocycles. The molecule has 0 bridgehead atoms. The van der Waals surface area contributed by atoms with Gasteiger partial charge in [0.2, 0.25) is 0 Å². The zero-order valence-corrected chi connectivity index (χ0v) is 10.5. The number of carbonyl (C=O) groups is 1. The van der Waals surface area contributed by atoms with Crippen LogP contribution in [0.3, 0.4) is 0 Å². The van der Waals surface area contributed by atoms with Gasteiger partial charge in [0.25, 0.3) is 0 Å². The first kappa shape index (κ1) is 11.2. The van der Waals surface area contributed by atoms with E-state index in [4.69, 9.17) is 4.74 Å². The standard InChI is InChI=1S/C13H15N3O2/c1-3-18-13(17)10-7-14-11-6-8(2)15-16(11)12(10)9-4-5-9/h6-7,9H,3-5H2,1-2H3. The molecule has 0 N–H and O–H groups in total. The molecule has 1 fully saturated rings. The van der Waals surface area contributed by atoms with Crippen LogP contribution in [0.25, 0.3) is 5.65 Å². The number of aromatic nitrogens is 3. The molecule has 5 heteroatoms. The van der Waals surface area contributed by atoms with Crippen LogP contribution in [0, 0.1) is 6.92 Å². The topological polar surface area (TPSA) is 56.5 Å². The van der Waals surface area contributed by atoms with Crippen LogP contribution in [-0.2, 0) is 4.74 Å². The second-order valence-electron chi connectivity index (χ2n) is 4.61. The summed E-state index contributed by atoms with van der Waals surface area (Å²) in [5.41, 5.74) is 3.20. The molecule has 0 unspecified atom stereocenters. The zero-order chi connectivity index (χ0) is 12.7. The van der Waals surface area contributed by atoms with Crippen molar-refractivity contribution in [3.63, 3.8) is 0 Å². The van der Waals surface area contributed by atoms with Crippen molar-refractivity contribution in [2.45, 2.75) is 32.6 Å². The van der Waals surface area contributed by atoms with Gasteiger partial charge < -0.3 is 4.74 Å². The van der Waals surface area contributed by atoms with Crippen molar-refractivity contribution < 1.29 is 9.53 Å². The average molecular weight is 245 g/mol. The van der Waals surface area contributed by atoms with Gasteiger partial charge in [0.15, 0.2) is 5.65 Å². The van der Waals surface area contributed by atoms with Crippen LogP contribution in [-0.4, -0.2) is 27.2 Å². The van der Waals surface area contributed by atoms with Crippen molar-refractivity contribution in [2.75, 3.05) is 6.61 Å². The summed E-state index contributed by atoms with van der Waals surface area (Å²) in [6.45, 7) is 4.10. The smallest absolute Gasteiger partial charge is 0.341 e. The third kappa shape index (κ3) is 1.75. The summed E-state index contributed by atoms with van der Waals surface area (Å²) in [4.78, 5) is 16.2. The lowest BCUT2D eigenvalue weighted by molar-refractivity contribution is 0.0523. The summed E-state index contributed by atoms with van der Waals surface area (Å²) in [5.74, 6) is 0.108. The first-order chi connectivity index (χ1) is 8.70. The third-order valence-electron chi connectivity index (χ3n) is 3.10. The molecule has 5 nitrogen and oxygen atoms in total. The van der Waals surface area contributed by atoms with E-state index in [1.54, 1.807) is 17.6 Å². The summed E-state index contributed by atoms with van der Waals surface area (Å²) >= 11 is 0. The minimum Gasteiger partial charge on any atom is -0.462 e. The Hall–Kier alpha value is -1.91. The molecule has 2 aromatic heterocycles. The maximum Gasteiger partial charge on any atom is 0.341 e. The van der Waals surface area contributed by atoms with Gasteiger partial charge in [0.05, 0.1) is 23.6 Å². The van der Waals surface area contributed by atoms with E-state index in [-0.39, 0.29) is 5.97 Å². The van der Waals surface area contributed by atoms with Gasteiger partial charge >= 0.3 is 5.97 Å². The van der Waals surface area contributed by atoms with Crippen LogP contribution < -0.4 is 0 Å². The highest BCUT2D eigenvalue weighted by molar-refractivity contribution is 5.91. The maximum absolute atomic E-state index is 11.9. The molecular weight excluding hydrogens is 230 g/mol. The number of carbonyl (C=O) groups excluding carboxylic acids is 1. The summed E-state index contributed by atoms with van der Waals surface area (Å²) in [7, 11) is 0. The van der Waals surface area contributed by atoms with E-state index < -0.39 is 0 Å². The first-order valence-corrected chi connectivity index (χ1v) is 6.23. The van der Waals surface area contributed by atoms with Crippen LogP contribution in [0.5, 0.6) is 0 Å². The summed E-state index contributed by atoms with van der Waals surface area (Å²) in [6, 6.07) is 1.92. The zero-order valence-electron chi connectivity index (χ0n) is 10.5. The van der Waals surface area contributed by atoms with E-state index in [0.29, 0.717) is 18.1 Å². The minimum absolute atomic E-state index is 0.304. The molecular formula is C13H15N3O2. The van der Waals surface area contributed by atoms with Crippen molar-refractivity contribution in [1.29, 1.82) is 0 Å². The fraction of sp³-hybridized carbons (Fsp3) is 0.462. The number of esters is 1. The number of aryl methyl sites for hydroxylation is 1. The molecule has 1 aliphatic carbocycles. The van der Waals surface area contributed by atoms with Crippen molar-refractivity contribution in [3.05, 3.63) is 29.2 Å². The largest absolute Gasteiger partial charge is 0.462 e. The van der Waals surface area contributed by atoms with Gasteiger partial charge in [-0.25, -0.2) is 14.3 Å². The lowest BCUT2D eigenvalue weighted by atomic mass is 10.1. The Morgan fingerprint density at radius 1 is 1.56 bits per heavy atom. The molecule has 0 spiro atoms. The van der Waals surface area contributed by atoms with Gasteiger partial charge in [-0.3, -0.25) is 0 Å². The van der Waals surface area contributed by atoms with Gasteiger partial charge in [-0.05, 0) is 26.7 Å². The molecule has 0 aliphatic heterocycles. The molecule has 18 heavy (non-hydrogen) atoms. The van der Waals surface area contributed by atoms with Gasteiger partial charge in [-0.1, -0.05) is 0 Å². The average Bonchev–Trinajstić information content (AvgIpc) is 3.09. The predicted molar refractivity (Wildman–Crippen MR) is 65.7 cm³/mol. The van der Waals surface area contributed by atoms with Crippen LogP contribution in [0.2, 0.25) is 0 Å². The Morgan fingerprint density at radius 3 is 3.00 bits per heavy atom. The van der Waals surface area contributed by atoms with E-state index in [1.165, 1.54) is 0 Å². The minimum atomic E-state index is -0.304. The normalized spacial score (nSPS) is 15.0. The van der Waals surface area contributed by atoms with Crippen molar-refractivity contribution in [3.8, 4) is 0 Å². The van der Waals surface area contributed by atoms with Crippen LogP contribution in [0.15, 0.2) is 12.3 Å². The van der Waals surface area contributed by atoms with Crippen LogP contribution in [0.4, 0.5) is 0 Å². The molecule has 0 aromatic carbocycles. The predicted octanol–water partition coefficient (Wildman–Crippen LogP) is 2.09. The molecule has 0 radical (unpaired) electrons. The Morgan fingerprint density at radius 2 is 2.33 bits per heavy atom. The lowest BCUT2D eigenvalue weighted by Crippen LogP contribution is -2.12. The summed E-state index contributed by atoms with van der Waals surface area (Å²) in [5, 5.41) is 4.42. The SMILES string of the molecule is CCOC(=O)c1cnc2cc(C)nn2c1C1CC1. The van der Waals surface area contributed by atoms with Gasteiger partial charge in [0, 0.05) is 18.2 Å². The number of hydrogen-bond acceptors (Lipinski definition) is 4. The fourth-order valence-electron chi connectivity index (χ4n) is 2.18. The molecule has 0 amide bonds. The van der Waals surface area contributed by atoms with Crippen LogP contribution >= 0.6 is 0 Å². The number of ether oxygens (including phenoxy) is 1. The highest BCUT2D eigenvalue weighted by Gasteiger charge is 2.32. The van der Waals surface area contributed by atoms with E-state index >= 15 is 0 Å². The Bertz CT molecular complexity index is 614. The van der Waals surface area contributed by atoms with Gasteiger partial charge in [0.1, 0.15) is 0 Å². The quantitative estimate of drug-likeness (QED) is 0.777. The molecule has 94 valence electrons. The molecule has 1 saturated carbocycles. The molecule has 3 rings (SSSR count). The maximum atomic E-state index is 11.9. The summed E-state index contributed by atoms with van der Waals surface area (Å²) < 4.78 is 6.87. The monoisotopic (exact) mass is 245 g/mol. The Balaban J connectivity index is 2.18. The van der Waals surface area contributed by atoms with E-state index in [2.05, 4.69) is 10.1 Å². The lowest BCUT2D eigenvalue weighted by Gasteiger charge is -2.09. The van der Waals surface area contributed by atoms with E-state index in [1.807, 2.05) is 13.0 Å². The van der Waals surface area contributed by atoms with Crippen molar-refractivity contribution in [2.24, 2.45) is 0 Å². The highest BCUT2D eigenvalue weighted by Crippen LogP contribution is 2.41. The Kier molecular flexibility index (Phi) is 2.54. The number of rotatable bonds is 3. The van der Waals surface area contributed by atoms with Gasteiger partial charge in [-0.15, -0.1) is 0 Å². The Labute approximate surface area is 105 Å². The molecule has 0 atom stereocenters. The summed E-state index contributed by atoms with van der Waals surface area (Å²) in [6.07, 6.45) is 3.82. The second-order valence-corrected chi connectivity index (χ2v) is 4.61. The van der Waals surface area contributed by atoms with E-state index in [9.17, 15) is 4.79 Å².